The fraction of sp³-hybridized carbons (Fsp3) is 0.500. The van der Waals surface area contributed by atoms with Gasteiger partial charge in [0, 0.05) is 7.05 Å². The molecule has 0 saturated heterocycles. The summed E-state index contributed by atoms with van der Waals surface area (Å²) in [6.07, 6.45) is -4.66. The van der Waals surface area contributed by atoms with E-state index in [9.17, 15) is 17.6 Å². The predicted octanol–water partition coefficient (Wildman–Crippen LogP) is 1.89. The first kappa shape index (κ1) is 9.02. The highest BCUT2D eigenvalue weighted by molar-refractivity contribution is 5.20. The Labute approximate surface area is 65.8 Å². The zero-order chi connectivity index (χ0) is 9.52. The van der Waals surface area contributed by atoms with Crippen LogP contribution in [0.4, 0.5) is 17.6 Å². The van der Waals surface area contributed by atoms with E-state index < -0.39 is 17.7 Å². The van der Waals surface area contributed by atoms with Crippen LogP contribution in [0.15, 0.2) is 0 Å². The second-order valence-electron chi connectivity index (χ2n) is 2.37. The molecule has 0 aliphatic rings. The molecule has 1 aromatic rings. The lowest BCUT2D eigenvalue weighted by molar-refractivity contribution is -0.140. The van der Waals surface area contributed by atoms with Gasteiger partial charge in [0.1, 0.15) is 5.56 Å². The molecule has 0 saturated carbocycles. The maximum Gasteiger partial charge on any atom is 0.422 e. The van der Waals surface area contributed by atoms with Crippen molar-refractivity contribution in [2.75, 3.05) is 0 Å². The van der Waals surface area contributed by atoms with E-state index >= 15 is 0 Å². The molecule has 0 aliphatic heterocycles. The SMILES string of the molecule is Cc1nn(C)c(F)c1C(F)(F)F. The van der Waals surface area contributed by atoms with E-state index in [1.165, 1.54) is 0 Å². The van der Waals surface area contributed by atoms with Crippen LogP contribution in [0.3, 0.4) is 0 Å². The molecular weight excluding hydrogens is 176 g/mol. The summed E-state index contributed by atoms with van der Waals surface area (Å²) in [6, 6.07) is 0. The fourth-order valence-electron chi connectivity index (χ4n) is 0.952. The molecule has 0 atom stereocenters. The number of hydrogen-bond acceptors (Lipinski definition) is 1. The van der Waals surface area contributed by atoms with Gasteiger partial charge in [-0.3, -0.25) is 0 Å². The molecule has 0 N–H and O–H groups in total. The van der Waals surface area contributed by atoms with Crippen LogP contribution in [0.2, 0.25) is 0 Å². The Morgan fingerprint density at radius 3 is 2.00 bits per heavy atom. The Bertz CT molecular complexity index is 299. The lowest BCUT2D eigenvalue weighted by Crippen LogP contribution is -2.08. The second kappa shape index (κ2) is 2.46. The van der Waals surface area contributed by atoms with Crippen LogP contribution in [0, 0.1) is 12.9 Å². The van der Waals surface area contributed by atoms with E-state index in [0.717, 1.165) is 14.0 Å². The van der Waals surface area contributed by atoms with Gasteiger partial charge in [-0.25, -0.2) is 4.68 Å². The van der Waals surface area contributed by atoms with Gasteiger partial charge >= 0.3 is 6.18 Å². The predicted molar refractivity (Wildman–Crippen MR) is 32.9 cm³/mol. The van der Waals surface area contributed by atoms with Crippen LogP contribution >= 0.6 is 0 Å². The highest BCUT2D eigenvalue weighted by atomic mass is 19.4. The zero-order valence-electron chi connectivity index (χ0n) is 6.41. The lowest BCUT2D eigenvalue weighted by atomic mass is 10.2. The van der Waals surface area contributed by atoms with Crippen molar-refractivity contribution in [3.63, 3.8) is 0 Å². The molecule has 6 heteroatoms. The first-order chi connectivity index (χ1) is 5.34. The molecule has 0 aliphatic carbocycles. The highest BCUT2D eigenvalue weighted by Gasteiger charge is 2.38. The monoisotopic (exact) mass is 182 g/mol. The number of rotatable bonds is 0. The summed E-state index contributed by atoms with van der Waals surface area (Å²) in [5.41, 5.74) is -1.63. The van der Waals surface area contributed by atoms with Crippen molar-refractivity contribution in [1.82, 2.24) is 9.78 Å². The quantitative estimate of drug-likeness (QED) is 0.560. The average molecular weight is 182 g/mol. The fourth-order valence-corrected chi connectivity index (χ4v) is 0.952. The molecule has 12 heavy (non-hydrogen) atoms. The summed E-state index contributed by atoms with van der Waals surface area (Å²) in [5, 5.41) is 3.30. The molecule has 0 fully saturated rings. The van der Waals surface area contributed by atoms with E-state index in [1.807, 2.05) is 0 Å². The Balaban J connectivity index is 3.32. The third-order valence-electron chi connectivity index (χ3n) is 1.44. The van der Waals surface area contributed by atoms with Crippen LogP contribution in [0.5, 0.6) is 0 Å². The molecule has 0 radical (unpaired) electrons. The smallest absolute Gasteiger partial charge is 0.242 e. The minimum Gasteiger partial charge on any atom is -0.242 e. The van der Waals surface area contributed by atoms with Gasteiger partial charge in [0.25, 0.3) is 0 Å². The van der Waals surface area contributed by atoms with Crippen LogP contribution in [0.1, 0.15) is 11.3 Å². The molecule has 0 aromatic carbocycles. The maximum absolute atomic E-state index is 12.7. The molecule has 0 amide bonds. The largest absolute Gasteiger partial charge is 0.422 e. The van der Waals surface area contributed by atoms with Crippen molar-refractivity contribution < 1.29 is 17.6 Å². The summed E-state index contributed by atoms with van der Waals surface area (Å²) in [7, 11) is 1.12. The van der Waals surface area contributed by atoms with Gasteiger partial charge in [0.2, 0.25) is 5.95 Å². The van der Waals surface area contributed by atoms with Crippen molar-refractivity contribution in [1.29, 1.82) is 0 Å². The van der Waals surface area contributed by atoms with Crippen molar-refractivity contribution >= 4 is 0 Å². The minimum absolute atomic E-state index is 0.345. The van der Waals surface area contributed by atoms with Crippen molar-refractivity contribution in [3.8, 4) is 0 Å². The van der Waals surface area contributed by atoms with E-state index in [2.05, 4.69) is 5.10 Å². The maximum atomic E-state index is 12.7. The van der Waals surface area contributed by atoms with E-state index in [-0.39, 0.29) is 5.69 Å². The van der Waals surface area contributed by atoms with Gasteiger partial charge in [-0.1, -0.05) is 0 Å². The van der Waals surface area contributed by atoms with Gasteiger partial charge in [-0.15, -0.1) is 0 Å². The Kier molecular flexibility index (Phi) is 1.85. The minimum atomic E-state index is -4.66. The molecule has 0 bridgehead atoms. The summed E-state index contributed by atoms with van der Waals surface area (Å²) in [6.45, 7) is 1.12. The molecule has 0 spiro atoms. The van der Waals surface area contributed by atoms with Gasteiger partial charge < -0.3 is 0 Å². The summed E-state index contributed by atoms with van der Waals surface area (Å²) < 4.78 is 49.4. The van der Waals surface area contributed by atoms with Crippen LogP contribution in [0.25, 0.3) is 0 Å². The Morgan fingerprint density at radius 2 is 1.83 bits per heavy atom. The van der Waals surface area contributed by atoms with Crippen molar-refractivity contribution in [3.05, 3.63) is 17.2 Å². The number of aromatic nitrogens is 2. The number of aryl methyl sites for hydroxylation is 2. The molecule has 2 nitrogen and oxygen atoms in total. The summed E-state index contributed by atoms with van der Waals surface area (Å²) in [4.78, 5) is 0. The average Bonchev–Trinajstić information content (AvgIpc) is 2.05. The molecule has 1 rings (SSSR count). The molecular formula is C6H6F4N2. The molecule has 1 heterocycles. The number of alkyl halides is 3. The molecule has 0 unspecified atom stereocenters. The lowest BCUT2D eigenvalue weighted by Gasteiger charge is -2.03. The van der Waals surface area contributed by atoms with E-state index in [1.54, 1.807) is 0 Å². The van der Waals surface area contributed by atoms with Gasteiger partial charge in [-0.2, -0.15) is 22.7 Å². The molecule has 68 valence electrons. The topological polar surface area (TPSA) is 17.8 Å². The normalized spacial score (nSPS) is 12.2. The second-order valence-corrected chi connectivity index (χ2v) is 2.37. The zero-order valence-corrected chi connectivity index (χ0v) is 6.41. The molecule has 1 aromatic heterocycles. The van der Waals surface area contributed by atoms with E-state index in [0.29, 0.717) is 4.68 Å². The number of nitrogens with zero attached hydrogens (tertiary/aromatic N) is 2. The Hall–Kier alpha value is -1.07. The van der Waals surface area contributed by atoms with Crippen LogP contribution < -0.4 is 0 Å². The van der Waals surface area contributed by atoms with Gasteiger partial charge in [-0.05, 0) is 6.92 Å². The van der Waals surface area contributed by atoms with Crippen LogP contribution in [-0.2, 0) is 13.2 Å². The first-order valence-corrected chi connectivity index (χ1v) is 3.10. The summed E-state index contributed by atoms with van der Waals surface area (Å²) >= 11 is 0. The number of halogens is 4. The van der Waals surface area contributed by atoms with Gasteiger partial charge in [0.05, 0.1) is 5.69 Å². The van der Waals surface area contributed by atoms with Gasteiger partial charge in [0.15, 0.2) is 0 Å². The van der Waals surface area contributed by atoms with Crippen molar-refractivity contribution in [2.45, 2.75) is 13.1 Å². The summed E-state index contributed by atoms with van der Waals surface area (Å²) in [5.74, 6) is -1.35. The standard InChI is InChI=1S/C6H6F4N2/c1-3-4(6(8,9)10)5(7)12(2)11-3/h1-2H3. The third-order valence-corrected chi connectivity index (χ3v) is 1.44. The van der Waals surface area contributed by atoms with Crippen molar-refractivity contribution in [2.24, 2.45) is 7.05 Å². The highest BCUT2D eigenvalue weighted by Crippen LogP contribution is 2.33. The first-order valence-electron chi connectivity index (χ1n) is 3.10. The Morgan fingerprint density at radius 1 is 1.33 bits per heavy atom. The van der Waals surface area contributed by atoms with E-state index in [4.69, 9.17) is 0 Å². The third kappa shape index (κ3) is 1.28. The van der Waals surface area contributed by atoms with Crippen LogP contribution in [-0.4, -0.2) is 9.78 Å². The number of hydrogen-bond donors (Lipinski definition) is 0.